The predicted octanol–water partition coefficient (Wildman–Crippen LogP) is 5.78. The zero-order chi connectivity index (χ0) is 15.3. The van der Waals surface area contributed by atoms with Gasteiger partial charge in [0.05, 0.1) is 6.04 Å². The molecule has 0 radical (unpaired) electrons. The highest BCUT2D eigenvalue weighted by atomic mass is 35.5. The number of allylic oxidation sites excluding steroid dienone is 2. The van der Waals surface area contributed by atoms with E-state index in [-0.39, 0.29) is 6.04 Å². The molecule has 112 valence electrons. The van der Waals surface area contributed by atoms with Gasteiger partial charge in [-0.15, -0.1) is 0 Å². The summed E-state index contributed by atoms with van der Waals surface area (Å²) in [6.45, 7) is 4.41. The fourth-order valence-electron chi connectivity index (χ4n) is 4.08. The summed E-state index contributed by atoms with van der Waals surface area (Å²) in [7, 11) is 0. The highest BCUT2D eigenvalue weighted by Gasteiger charge is 2.39. The summed E-state index contributed by atoms with van der Waals surface area (Å²) in [5.41, 5.74) is 6.69. The molecule has 2 aliphatic rings. The number of fused-ring (bicyclic) bond motifs is 3. The molecule has 0 saturated heterocycles. The number of rotatable bonds is 1. The molecule has 0 fully saturated rings. The first-order valence-electron chi connectivity index (χ1n) is 7.94. The maximum absolute atomic E-state index is 6.49. The van der Waals surface area contributed by atoms with Gasteiger partial charge >= 0.3 is 0 Å². The van der Waals surface area contributed by atoms with Crippen LogP contribution in [0.25, 0.3) is 0 Å². The Hall–Kier alpha value is -1.73. The van der Waals surface area contributed by atoms with E-state index in [2.05, 4.69) is 55.6 Å². The van der Waals surface area contributed by atoms with Gasteiger partial charge in [0.1, 0.15) is 0 Å². The Morgan fingerprint density at radius 3 is 2.64 bits per heavy atom. The Bertz CT molecular complexity index is 762. The molecule has 1 nitrogen and oxygen atoms in total. The normalized spacial score (nSPS) is 25.5. The smallest absolute Gasteiger partial charge is 0.0568 e. The van der Waals surface area contributed by atoms with Crippen LogP contribution in [-0.4, -0.2) is 0 Å². The van der Waals surface area contributed by atoms with Crippen molar-refractivity contribution in [3.63, 3.8) is 0 Å². The molecule has 0 bridgehead atoms. The molecule has 1 N–H and O–H groups in total. The minimum absolute atomic E-state index is 0.279. The SMILES string of the molecule is Cc1ccc(C)c2c1NC(c1ccccc1Cl)C1CC=CC21. The number of hydrogen-bond acceptors (Lipinski definition) is 1. The molecule has 4 rings (SSSR count). The summed E-state index contributed by atoms with van der Waals surface area (Å²) in [6.07, 6.45) is 5.83. The Balaban J connectivity index is 1.88. The number of halogens is 1. The van der Waals surface area contributed by atoms with E-state index in [4.69, 9.17) is 11.6 Å². The number of hydrogen-bond donors (Lipinski definition) is 1. The van der Waals surface area contributed by atoms with Crippen molar-refractivity contribution in [2.75, 3.05) is 5.32 Å². The lowest BCUT2D eigenvalue weighted by Crippen LogP contribution is -2.30. The van der Waals surface area contributed by atoms with Crippen LogP contribution in [0.15, 0.2) is 48.6 Å². The Morgan fingerprint density at radius 2 is 1.82 bits per heavy atom. The average Bonchev–Trinajstić information content (AvgIpc) is 3.00. The lowest BCUT2D eigenvalue weighted by Gasteiger charge is -2.39. The molecule has 0 aromatic heterocycles. The lowest BCUT2D eigenvalue weighted by molar-refractivity contribution is 0.424. The summed E-state index contributed by atoms with van der Waals surface area (Å²) < 4.78 is 0. The van der Waals surface area contributed by atoms with Gasteiger partial charge in [-0.2, -0.15) is 0 Å². The fraction of sp³-hybridized carbons (Fsp3) is 0.300. The van der Waals surface area contributed by atoms with E-state index in [0.29, 0.717) is 11.8 Å². The van der Waals surface area contributed by atoms with Gasteiger partial charge in [0.25, 0.3) is 0 Å². The van der Waals surface area contributed by atoms with E-state index in [1.807, 2.05) is 12.1 Å². The van der Waals surface area contributed by atoms with Crippen molar-refractivity contribution in [3.8, 4) is 0 Å². The standard InChI is InChI=1S/C20H20ClN/c1-12-10-11-13(2)19-18(12)14-7-5-8-15(14)20(22-19)16-6-3-4-9-17(16)21/h3-7,9-11,14-15,20,22H,8H2,1-2H3. The molecule has 2 heteroatoms. The number of nitrogens with one attached hydrogen (secondary N) is 1. The number of benzene rings is 2. The van der Waals surface area contributed by atoms with E-state index in [0.717, 1.165) is 11.4 Å². The molecule has 3 unspecified atom stereocenters. The number of aryl methyl sites for hydroxylation is 2. The van der Waals surface area contributed by atoms with Gasteiger partial charge < -0.3 is 5.32 Å². The van der Waals surface area contributed by atoms with Gasteiger partial charge in [-0.3, -0.25) is 0 Å². The van der Waals surface area contributed by atoms with Crippen molar-refractivity contribution >= 4 is 17.3 Å². The molecule has 1 heterocycles. The molecule has 0 spiro atoms. The third-order valence-electron chi connectivity index (χ3n) is 5.19. The minimum Gasteiger partial charge on any atom is -0.377 e. The summed E-state index contributed by atoms with van der Waals surface area (Å²) in [5, 5.41) is 4.67. The van der Waals surface area contributed by atoms with Crippen LogP contribution in [0.3, 0.4) is 0 Å². The summed E-state index contributed by atoms with van der Waals surface area (Å²) in [6, 6.07) is 13.0. The zero-order valence-corrected chi connectivity index (χ0v) is 13.7. The van der Waals surface area contributed by atoms with Gasteiger partial charge in [0.15, 0.2) is 0 Å². The van der Waals surface area contributed by atoms with E-state index in [1.54, 1.807) is 0 Å². The first-order chi connectivity index (χ1) is 10.7. The van der Waals surface area contributed by atoms with Gasteiger partial charge in [-0.25, -0.2) is 0 Å². The monoisotopic (exact) mass is 309 g/mol. The van der Waals surface area contributed by atoms with Crippen LogP contribution in [0.4, 0.5) is 5.69 Å². The molecule has 0 saturated carbocycles. The Morgan fingerprint density at radius 1 is 1.05 bits per heavy atom. The molecule has 22 heavy (non-hydrogen) atoms. The fourth-order valence-corrected chi connectivity index (χ4v) is 4.33. The van der Waals surface area contributed by atoms with Crippen LogP contribution < -0.4 is 5.32 Å². The van der Waals surface area contributed by atoms with E-state index < -0.39 is 0 Å². The van der Waals surface area contributed by atoms with Gasteiger partial charge in [-0.05, 0) is 54.5 Å². The summed E-state index contributed by atoms with van der Waals surface area (Å²) >= 11 is 6.49. The number of anilines is 1. The van der Waals surface area contributed by atoms with E-state index in [1.165, 1.54) is 27.9 Å². The molecular weight excluding hydrogens is 290 g/mol. The van der Waals surface area contributed by atoms with Crippen LogP contribution in [0, 0.1) is 19.8 Å². The van der Waals surface area contributed by atoms with Crippen LogP contribution >= 0.6 is 11.6 Å². The van der Waals surface area contributed by atoms with Crippen LogP contribution in [0.5, 0.6) is 0 Å². The lowest BCUT2D eigenvalue weighted by atomic mass is 9.75. The van der Waals surface area contributed by atoms with Gasteiger partial charge in [0, 0.05) is 16.6 Å². The Kier molecular flexibility index (Phi) is 3.27. The third-order valence-corrected chi connectivity index (χ3v) is 5.53. The molecule has 2 aromatic rings. The quantitative estimate of drug-likeness (QED) is 0.658. The van der Waals surface area contributed by atoms with Crippen molar-refractivity contribution in [3.05, 3.63) is 75.8 Å². The molecular formula is C20H20ClN. The molecule has 2 aromatic carbocycles. The van der Waals surface area contributed by atoms with Crippen LogP contribution in [-0.2, 0) is 0 Å². The summed E-state index contributed by atoms with van der Waals surface area (Å²) in [4.78, 5) is 0. The Labute approximate surface area is 137 Å². The first-order valence-corrected chi connectivity index (χ1v) is 8.32. The van der Waals surface area contributed by atoms with Crippen LogP contribution in [0.1, 0.15) is 40.6 Å². The first kappa shape index (κ1) is 13.9. The van der Waals surface area contributed by atoms with E-state index >= 15 is 0 Å². The highest BCUT2D eigenvalue weighted by Crippen LogP contribution is 2.52. The largest absolute Gasteiger partial charge is 0.377 e. The average molecular weight is 310 g/mol. The van der Waals surface area contributed by atoms with Crippen molar-refractivity contribution < 1.29 is 0 Å². The van der Waals surface area contributed by atoms with Crippen molar-refractivity contribution in [1.82, 2.24) is 0 Å². The van der Waals surface area contributed by atoms with E-state index in [9.17, 15) is 0 Å². The van der Waals surface area contributed by atoms with Gasteiger partial charge in [0.2, 0.25) is 0 Å². The van der Waals surface area contributed by atoms with Crippen LogP contribution in [0.2, 0.25) is 5.02 Å². The summed E-state index contributed by atoms with van der Waals surface area (Å²) in [5.74, 6) is 1.05. The molecule has 0 amide bonds. The minimum atomic E-state index is 0.279. The molecule has 1 aliphatic heterocycles. The molecule has 1 aliphatic carbocycles. The maximum Gasteiger partial charge on any atom is 0.0568 e. The highest BCUT2D eigenvalue weighted by molar-refractivity contribution is 6.31. The van der Waals surface area contributed by atoms with Crippen molar-refractivity contribution in [2.24, 2.45) is 5.92 Å². The topological polar surface area (TPSA) is 12.0 Å². The second kappa shape index (κ2) is 5.17. The maximum atomic E-state index is 6.49. The van der Waals surface area contributed by atoms with Crippen molar-refractivity contribution in [1.29, 1.82) is 0 Å². The predicted molar refractivity (Wildman–Crippen MR) is 93.7 cm³/mol. The molecule has 3 atom stereocenters. The second-order valence-electron chi connectivity index (χ2n) is 6.49. The van der Waals surface area contributed by atoms with Gasteiger partial charge in [-0.1, -0.05) is 54.1 Å². The second-order valence-corrected chi connectivity index (χ2v) is 6.89. The zero-order valence-electron chi connectivity index (χ0n) is 12.9. The van der Waals surface area contributed by atoms with Crippen molar-refractivity contribution in [2.45, 2.75) is 32.2 Å². The third kappa shape index (κ3) is 1.99.